The van der Waals surface area contributed by atoms with Crippen molar-refractivity contribution >= 4 is 21.8 Å². The van der Waals surface area contributed by atoms with Crippen molar-refractivity contribution in [1.29, 1.82) is 0 Å². The van der Waals surface area contributed by atoms with Crippen LogP contribution in [0.1, 0.15) is 55.3 Å². The zero-order valence-corrected chi connectivity index (χ0v) is 13.2. The lowest BCUT2D eigenvalue weighted by Crippen LogP contribution is -2.41. The number of aromatic nitrogens is 1. The van der Waals surface area contributed by atoms with Gasteiger partial charge in [0.15, 0.2) is 0 Å². The summed E-state index contributed by atoms with van der Waals surface area (Å²) in [6.45, 7) is 0. The van der Waals surface area contributed by atoms with Crippen molar-refractivity contribution in [2.24, 2.45) is 11.8 Å². The van der Waals surface area contributed by atoms with Crippen LogP contribution in [0.2, 0.25) is 0 Å². The number of halogens is 1. The van der Waals surface area contributed by atoms with Gasteiger partial charge in [-0.2, -0.15) is 0 Å². The first-order valence-electron chi connectivity index (χ1n) is 7.64. The van der Waals surface area contributed by atoms with Gasteiger partial charge in [0, 0.05) is 22.9 Å². The zero-order valence-electron chi connectivity index (χ0n) is 11.6. The molecule has 1 aromatic heterocycles. The number of amides is 1. The van der Waals surface area contributed by atoms with E-state index in [2.05, 4.69) is 26.2 Å². The highest BCUT2D eigenvalue weighted by atomic mass is 79.9. The quantitative estimate of drug-likeness (QED) is 0.888. The summed E-state index contributed by atoms with van der Waals surface area (Å²) in [7, 11) is 0. The molecule has 0 aliphatic heterocycles. The minimum atomic E-state index is 0.0121. The third-order valence-electron chi connectivity index (χ3n) is 4.84. The number of hydrogen-bond acceptors (Lipinski definition) is 2. The van der Waals surface area contributed by atoms with Crippen molar-refractivity contribution in [3.05, 3.63) is 28.5 Å². The fourth-order valence-corrected chi connectivity index (χ4v) is 4.17. The van der Waals surface area contributed by atoms with E-state index in [1.165, 1.54) is 32.1 Å². The average molecular weight is 337 g/mol. The Labute approximate surface area is 128 Å². The highest BCUT2D eigenvalue weighted by Gasteiger charge is 2.32. The molecule has 108 valence electrons. The molecule has 1 heterocycles. The van der Waals surface area contributed by atoms with E-state index in [0.717, 1.165) is 29.2 Å². The normalized spacial score (nSPS) is 29.6. The molecule has 2 aliphatic carbocycles. The smallest absolute Gasteiger partial charge is 0.253 e. The lowest BCUT2D eigenvalue weighted by molar-refractivity contribution is 0.0879. The van der Waals surface area contributed by atoms with E-state index in [-0.39, 0.29) is 5.91 Å². The van der Waals surface area contributed by atoms with Crippen molar-refractivity contribution in [3.63, 3.8) is 0 Å². The Morgan fingerprint density at radius 1 is 1.15 bits per heavy atom. The number of pyridine rings is 1. The molecule has 0 saturated heterocycles. The van der Waals surface area contributed by atoms with E-state index in [9.17, 15) is 4.79 Å². The molecule has 0 spiro atoms. The summed E-state index contributed by atoms with van der Waals surface area (Å²) in [4.78, 5) is 16.3. The zero-order chi connectivity index (χ0) is 13.9. The Balaban J connectivity index is 1.59. The molecule has 3 atom stereocenters. The van der Waals surface area contributed by atoms with Gasteiger partial charge in [-0.25, -0.2) is 0 Å². The maximum atomic E-state index is 12.3. The summed E-state index contributed by atoms with van der Waals surface area (Å²) in [5, 5.41) is 3.20. The Bertz CT molecular complexity index is 491. The molecule has 20 heavy (non-hydrogen) atoms. The van der Waals surface area contributed by atoms with Crippen LogP contribution in [0, 0.1) is 11.8 Å². The first-order chi connectivity index (χ1) is 9.72. The van der Waals surface area contributed by atoms with E-state index in [4.69, 9.17) is 0 Å². The summed E-state index contributed by atoms with van der Waals surface area (Å²) in [5.74, 6) is 1.77. The molecule has 0 unspecified atom stereocenters. The predicted molar refractivity (Wildman–Crippen MR) is 82.5 cm³/mol. The van der Waals surface area contributed by atoms with Crippen molar-refractivity contribution < 1.29 is 4.79 Å². The number of carbonyl (C=O) groups is 1. The van der Waals surface area contributed by atoms with E-state index in [1.807, 2.05) is 6.07 Å². The summed E-state index contributed by atoms with van der Waals surface area (Å²) < 4.78 is 0.848. The van der Waals surface area contributed by atoms with Crippen molar-refractivity contribution in [1.82, 2.24) is 10.3 Å². The van der Waals surface area contributed by atoms with Crippen LogP contribution in [0.15, 0.2) is 22.9 Å². The number of carbonyl (C=O) groups excluding carboxylic acids is 1. The van der Waals surface area contributed by atoms with Gasteiger partial charge in [-0.15, -0.1) is 0 Å². The molecule has 2 fully saturated rings. The van der Waals surface area contributed by atoms with Crippen molar-refractivity contribution in [2.75, 3.05) is 0 Å². The van der Waals surface area contributed by atoms with E-state index >= 15 is 0 Å². The molecular weight excluding hydrogens is 316 g/mol. The van der Waals surface area contributed by atoms with E-state index in [1.54, 1.807) is 12.4 Å². The Hall–Kier alpha value is -0.900. The number of fused-ring (bicyclic) bond motifs is 1. The van der Waals surface area contributed by atoms with E-state index in [0.29, 0.717) is 11.6 Å². The maximum Gasteiger partial charge on any atom is 0.253 e. The number of rotatable bonds is 2. The molecule has 1 aromatic rings. The minimum absolute atomic E-state index is 0.0121. The van der Waals surface area contributed by atoms with Crippen LogP contribution >= 0.6 is 15.9 Å². The van der Waals surface area contributed by atoms with Crippen LogP contribution in [0.5, 0.6) is 0 Å². The monoisotopic (exact) mass is 336 g/mol. The second-order valence-corrected chi connectivity index (χ2v) is 7.10. The highest BCUT2D eigenvalue weighted by Crippen LogP contribution is 2.40. The Kier molecular flexibility index (Phi) is 4.39. The predicted octanol–water partition coefficient (Wildman–Crippen LogP) is 3.93. The van der Waals surface area contributed by atoms with Crippen LogP contribution in [-0.4, -0.2) is 16.9 Å². The van der Waals surface area contributed by atoms with Gasteiger partial charge in [0.1, 0.15) is 0 Å². The molecule has 3 rings (SSSR count). The van der Waals surface area contributed by atoms with Crippen LogP contribution in [0.3, 0.4) is 0 Å². The van der Waals surface area contributed by atoms with Gasteiger partial charge in [0.05, 0.1) is 5.56 Å². The molecule has 3 nitrogen and oxygen atoms in total. The van der Waals surface area contributed by atoms with E-state index < -0.39 is 0 Å². The Morgan fingerprint density at radius 3 is 2.75 bits per heavy atom. The standard InChI is InChI=1S/C16H21BrN2O/c17-14-7-13(9-18-10-14)16(20)19-15-6-5-11-3-1-2-4-12(11)8-15/h7,9-12,15H,1-6,8H2,(H,19,20)/t11-,12-,15+/m0/s1. The van der Waals surface area contributed by atoms with Crippen LogP contribution in [0.25, 0.3) is 0 Å². The van der Waals surface area contributed by atoms with Crippen molar-refractivity contribution in [3.8, 4) is 0 Å². The lowest BCUT2D eigenvalue weighted by atomic mass is 9.69. The minimum Gasteiger partial charge on any atom is -0.349 e. The molecule has 2 saturated carbocycles. The molecular formula is C16H21BrN2O. The molecule has 0 radical (unpaired) electrons. The topological polar surface area (TPSA) is 42.0 Å². The third kappa shape index (κ3) is 3.22. The number of nitrogens with zero attached hydrogens (tertiary/aromatic N) is 1. The van der Waals surface area contributed by atoms with Gasteiger partial charge in [-0.3, -0.25) is 9.78 Å². The molecule has 4 heteroatoms. The summed E-state index contributed by atoms with van der Waals surface area (Å²) >= 11 is 3.36. The van der Waals surface area contributed by atoms with Gasteiger partial charge < -0.3 is 5.32 Å². The fourth-order valence-electron chi connectivity index (χ4n) is 3.81. The third-order valence-corrected chi connectivity index (χ3v) is 5.28. The summed E-state index contributed by atoms with van der Waals surface area (Å²) in [6, 6.07) is 2.18. The second-order valence-electron chi connectivity index (χ2n) is 6.18. The van der Waals surface area contributed by atoms with Gasteiger partial charge in [-0.05, 0) is 53.1 Å². The highest BCUT2D eigenvalue weighted by molar-refractivity contribution is 9.10. The molecule has 1 N–H and O–H groups in total. The average Bonchev–Trinajstić information content (AvgIpc) is 2.47. The summed E-state index contributed by atoms with van der Waals surface area (Å²) in [5.41, 5.74) is 0.644. The fraction of sp³-hybridized carbons (Fsp3) is 0.625. The van der Waals surface area contributed by atoms with Gasteiger partial charge >= 0.3 is 0 Å². The molecule has 0 bridgehead atoms. The molecule has 0 aromatic carbocycles. The lowest BCUT2D eigenvalue weighted by Gasteiger charge is -2.39. The van der Waals surface area contributed by atoms with Crippen LogP contribution in [0.4, 0.5) is 0 Å². The number of hydrogen-bond donors (Lipinski definition) is 1. The largest absolute Gasteiger partial charge is 0.349 e. The first kappa shape index (κ1) is 14.1. The van der Waals surface area contributed by atoms with Crippen LogP contribution < -0.4 is 5.32 Å². The van der Waals surface area contributed by atoms with Gasteiger partial charge in [-0.1, -0.05) is 25.7 Å². The SMILES string of the molecule is O=C(N[C@@H]1CC[C@@H]2CCCC[C@H]2C1)c1cncc(Br)c1. The Morgan fingerprint density at radius 2 is 1.95 bits per heavy atom. The van der Waals surface area contributed by atoms with Gasteiger partial charge in [0.2, 0.25) is 0 Å². The molecule has 1 amide bonds. The second kappa shape index (κ2) is 6.25. The number of nitrogens with one attached hydrogen (secondary N) is 1. The van der Waals surface area contributed by atoms with Gasteiger partial charge in [0.25, 0.3) is 5.91 Å². The van der Waals surface area contributed by atoms with Crippen LogP contribution in [-0.2, 0) is 0 Å². The first-order valence-corrected chi connectivity index (χ1v) is 8.43. The summed E-state index contributed by atoms with van der Waals surface area (Å²) in [6.07, 6.45) is 12.4. The van der Waals surface area contributed by atoms with Crippen molar-refractivity contribution in [2.45, 2.75) is 51.0 Å². The maximum absolute atomic E-state index is 12.3. The molecule has 2 aliphatic rings.